The lowest BCUT2D eigenvalue weighted by Gasteiger charge is -2.26. The summed E-state index contributed by atoms with van der Waals surface area (Å²) in [6, 6.07) is 4.80. The van der Waals surface area contributed by atoms with Crippen LogP contribution in [0.4, 0.5) is 16.2 Å². The fourth-order valence-corrected chi connectivity index (χ4v) is 3.99. The molecule has 2 saturated heterocycles. The van der Waals surface area contributed by atoms with E-state index in [1.165, 1.54) is 0 Å². The summed E-state index contributed by atoms with van der Waals surface area (Å²) in [5.74, 6) is -0.663. The molecule has 0 atom stereocenters. The van der Waals surface area contributed by atoms with Crippen molar-refractivity contribution in [1.82, 2.24) is 15.5 Å². The summed E-state index contributed by atoms with van der Waals surface area (Å²) < 4.78 is 10.2. The maximum absolute atomic E-state index is 13.0. The monoisotopic (exact) mass is 461 g/mol. The SMILES string of the molecule is CCOC(=O)CNC(=O)Nc1ccc(N2CCCC2)c(C(=O)NCCCN2CCOCC2)c1. The molecule has 10 heteroatoms. The van der Waals surface area contributed by atoms with Crippen LogP contribution in [0.5, 0.6) is 0 Å². The Morgan fingerprint density at radius 2 is 1.82 bits per heavy atom. The van der Waals surface area contributed by atoms with Crippen LogP contribution in [0.25, 0.3) is 0 Å². The van der Waals surface area contributed by atoms with E-state index in [1.807, 2.05) is 6.07 Å². The molecule has 2 heterocycles. The van der Waals surface area contributed by atoms with Gasteiger partial charge in [-0.25, -0.2) is 4.79 Å². The number of carbonyl (C=O) groups is 3. The molecular weight excluding hydrogens is 426 g/mol. The van der Waals surface area contributed by atoms with Crippen LogP contribution in [-0.4, -0.2) is 88.4 Å². The van der Waals surface area contributed by atoms with Gasteiger partial charge in [0.05, 0.1) is 25.4 Å². The number of nitrogens with zero attached hydrogens (tertiary/aromatic N) is 2. The topological polar surface area (TPSA) is 112 Å². The number of urea groups is 1. The molecule has 33 heavy (non-hydrogen) atoms. The number of rotatable bonds is 10. The van der Waals surface area contributed by atoms with E-state index in [-0.39, 0.29) is 19.1 Å². The number of carbonyl (C=O) groups excluding carboxylic acids is 3. The van der Waals surface area contributed by atoms with Gasteiger partial charge in [-0.3, -0.25) is 14.5 Å². The molecule has 10 nitrogen and oxygen atoms in total. The summed E-state index contributed by atoms with van der Waals surface area (Å²) in [5, 5.41) is 8.17. The standard InChI is InChI=1S/C23H35N5O5/c1-2-33-21(29)17-25-23(31)26-18-6-7-20(28-10-3-4-11-28)19(16-18)22(30)24-8-5-9-27-12-14-32-15-13-27/h6-7,16H,2-5,8-15,17H2,1H3,(H,24,30)(H2,25,26,31). The normalized spacial score (nSPS) is 16.3. The van der Waals surface area contributed by atoms with Crippen molar-refractivity contribution in [3.63, 3.8) is 0 Å². The first-order chi connectivity index (χ1) is 16.1. The number of hydrogen-bond donors (Lipinski definition) is 3. The zero-order valence-electron chi connectivity index (χ0n) is 19.4. The van der Waals surface area contributed by atoms with Gasteiger partial charge in [0, 0.05) is 44.1 Å². The first-order valence-electron chi connectivity index (χ1n) is 11.7. The highest BCUT2D eigenvalue weighted by Gasteiger charge is 2.20. The third-order valence-corrected chi connectivity index (χ3v) is 5.68. The summed E-state index contributed by atoms with van der Waals surface area (Å²) in [6.45, 7) is 8.43. The molecule has 0 radical (unpaired) electrons. The van der Waals surface area contributed by atoms with Crippen molar-refractivity contribution in [3.8, 4) is 0 Å². The van der Waals surface area contributed by atoms with Crippen LogP contribution in [-0.2, 0) is 14.3 Å². The van der Waals surface area contributed by atoms with E-state index in [0.717, 1.165) is 70.9 Å². The number of hydrogen-bond acceptors (Lipinski definition) is 7. The van der Waals surface area contributed by atoms with Crippen molar-refractivity contribution in [2.24, 2.45) is 0 Å². The Morgan fingerprint density at radius 1 is 1.06 bits per heavy atom. The van der Waals surface area contributed by atoms with Gasteiger partial charge >= 0.3 is 12.0 Å². The van der Waals surface area contributed by atoms with E-state index < -0.39 is 12.0 Å². The fourth-order valence-electron chi connectivity index (χ4n) is 3.99. The molecule has 0 bridgehead atoms. The van der Waals surface area contributed by atoms with Crippen LogP contribution in [0.15, 0.2) is 18.2 Å². The lowest BCUT2D eigenvalue weighted by atomic mass is 10.1. The molecule has 2 aliphatic rings. The third-order valence-electron chi connectivity index (χ3n) is 5.68. The van der Waals surface area contributed by atoms with Crippen LogP contribution in [0.2, 0.25) is 0 Å². The lowest BCUT2D eigenvalue weighted by Crippen LogP contribution is -2.38. The number of benzene rings is 1. The molecular formula is C23H35N5O5. The second-order valence-corrected chi connectivity index (χ2v) is 8.10. The van der Waals surface area contributed by atoms with E-state index in [4.69, 9.17) is 9.47 Å². The van der Waals surface area contributed by atoms with Gasteiger partial charge in [0.25, 0.3) is 5.91 Å². The predicted octanol–water partition coefficient (Wildman–Crippen LogP) is 1.42. The molecule has 1 aromatic carbocycles. The zero-order chi connectivity index (χ0) is 23.5. The minimum Gasteiger partial charge on any atom is -0.465 e. The average molecular weight is 462 g/mol. The molecule has 3 N–H and O–H groups in total. The van der Waals surface area contributed by atoms with Gasteiger partial charge in [0.2, 0.25) is 0 Å². The van der Waals surface area contributed by atoms with E-state index in [1.54, 1.807) is 19.1 Å². The Kier molecular flexibility index (Phi) is 9.77. The first kappa shape index (κ1) is 24.8. The minimum absolute atomic E-state index is 0.158. The Labute approximate surface area is 195 Å². The third kappa shape index (κ3) is 7.90. The highest BCUT2D eigenvalue weighted by molar-refractivity contribution is 6.02. The van der Waals surface area contributed by atoms with Crippen molar-refractivity contribution >= 4 is 29.3 Å². The van der Waals surface area contributed by atoms with E-state index in [2.05, 4.69) is 25.8 Å². The first-order valence-corrected chi connectivity index (χ1v) is 11.7. The van der Waals surface area contributed by atoms with Crippen molar-refractivity contribution in [3.05, 3.63) is 23.8 Å². The van der Waals surface area contributed by atoms with Crippen molar-refractivity contribution < 1.29 is 23.9 Å². The summed E-state index contributed by atoms with van der Waals surface area (Å²) in [6.07, 6.45) is 3.05. The summed E-state index contributed by atoms with van der Waals surface area (Å²) in [5.41, 5.74) is 1.89. The maximum atomic E-state index is 13.0. The lowest BCUT2D eigenvalue weighted by molar-refractivity contribution is -0.141. The molecule has 182 valence electrons. The summed E-state index contributed by atoms with van der Waals surface area (Å²) in [4.78, 5) is 41.2. The number of morpholine rings is 1. The van der Waals surface area contributed by atoms with Gasteiger partial charge in [-0.15, -0.1) is 0 Å². The predicted molar refractivity (Wildman–Crippen MR) is 126 cm³/mol. The van der Waals surface area contributed by atoms with Crippen LogP contribution in [0.1, 0.15) is 36.5 Å². The number of anilines is 2. The van der Waals surface area contributed by atoms with Gasteiger partial charge in [0.1, 0.15) is 6.54 Å². The smallest absolute Gasteiger partial charge is 0.325 e. The van der Waals surface area contributed by atoms with E-state index >= 15 is 0 Å². The van der Waals surface area contributed by atoms with Crippen molar-refractivity contribution in [2.75, 3.05) is 75.9 Å². The maximum Gasteiger partial charge on any atom is 0.325 e. The van der Waals surface area contributed by atoms with E-state index in [9.17, 15) is 14.4 Å². The van der Waals surface area contributed by atoms with E-state index in [0.29, 0.717) is 17.8 Å². The molecule has 0 aromatic heterocycles. The summed E-state index contributed by atoms with van der Waals surface area (Å²) in [7, 11) is 0. The molecule has 3 rings (SSSR count). The minimum atomic E-state index is -0.533. The Balaban J connectivity index is 1.58. The van der Waals surface area contributed by atoms with Gasteiger partial charge in [0.15, 0.2) is 0 Å². The molecule has 2 aliphatic heterocycles. The quantitative estimate of drug-likeness (QED) is 0.357. The van der Waals surface area contributed by atoms with Crippen LogP contribution in [0, 0.1) is 0 Å². The average Bonchev–Trinajstić information content (AvgIpc) is 3.36. The second-order valence-electron chi connectivity index (χ2n) is 8.10. The van der Waals surface area contributed by atoms with Gasteiger partial charge in [-0.05, 0) is 50.9 Å². The molecule has 0 unspecified atom stereocenters. The highest BCUT2D eigenvalue weighted by Crippen LogP contribution is 2.27. The molecule has 0 spiro atoms. The number of nitrogens with one attached hydrogen (secondary N) is 3. The molecule has 0 saturated carbocycles. The van der Waals surface area contributed by atoms with Crippen LogP contribution < -0.4 is 20.9 Å². The molecule has 1 aromatic rings. The molecule has 0 aliphatic carbocycles. The number of esters is 1. The number of ether oxygens (including phenoxy) is 2. The van der Waals surface area contributed by atoms with Crippen LogP contribution >= 0.6 is 0 Å². The van der Waals surface area contributed by atoms with Gasteiger partial charge in [-0.2, -0.15) is 0 Å². The number of amides is 3. The van der Waals surface area contributed by atoms with Gasteiger partial charge in [-0.1, -0.05) is 0 Å². The Morgan fingerprint density at radius 3 is 2.55 bits per heavy atom. The second kappa shape index (κ2) is 13.0. The fraction of sp³-hybridized carbons (Fsp3) is 0.609. The highest BCUT2D eigenvalue weighted by atomic mass is 16.5. The molecule has 2 fully saturated rings. The largest absolute Gasteiger partial charge is 0.465 e. The summed E-state index contributed by atoms with van der Waals surface area (Å²) >= 11 is 0. The molecule has 3 amide bonds. The zero-order valence-corrected chi connectivity index (χ0v) is 19.4. The van der Waals surface area contributed by atoms with Crippen molar-refractivity contribution in [1.29, 1.82) is 0 Å². The Hall–Kier alpha value is -2.85. The Bertz CT molecular complexity index is 806. The van der Waals surface area contributed by atoms with Crippen LogP contribution in [0.3, 0.4) is 0 Å². The van der Waals surface area contributed by atoms with Gasteiger partial charge < -0.3 is 30.3 Å². The van der Waals surface area contributed by atoms with Crippen molar-refractivity contribution in [2.45, 2.75) is 26.2 Å².